The number of nitrogens with zero attached hydrogens (tertiary/aromatic N) is 3. The Bertz CT molecular complexity index is 571. The van der Waals surface area contributed by atoms with E-state index in [2.05, 4.69) is 60.2 Å². The lowest BCUT2D eigenvalue weighted by atomic mass is 9.78. The molecule has 1 aliphatic heterocycles. The van der Waals surface area contributed by atoms with Gasteiger partial charge >= 0.3 is 0 Å². The summed E-state index contributed by atoms with van der Waals surface area (Å²) < 4.78 is 1.98. The molecule has 1 unspecified atom stereocenters. The van der Waals surface area contributed by atoms with Gasteiger partial charge in [0, 0.05) is 38.8 Å². The van der Waals surface area contributed by atoms with Gasteiger partial charge in [0.25, 0.3) is 0 Å². The zero-order valence-electron chi connectivity index (χ0n) is 12.6. The molecule has 0 bridgehead atoms. The summed E-state index contributed by atoms with van der Waals surface area (Å²) in [6.07, 6.45) is 1.88. The van der Waals surface area contributed by atoms with Gasteiger partial charge in [-0.2, -0.15) is 5.10 Å². The Kier molecular flexibility index (Phi) is 3.38. The van der Waals surface area contributed by atoms with Crippen LogP contribution in [-0.2, 0) is 13.6 Å². The molecule has 0 aliphatic carbocycles. The average molecular weight is 269 g/mol. The van der Waals surface area contributed by atoms with Crippen molar-refractivity contribution in [2.24, 2.45) is 12.5 Å². The van der Waals surface area contributed by atoms with Crippen LogP contribution in [0.4, 0.5) is 0 Å². The molecule has 3 rings (SSSR count). The number of benzene rings is 1. The fourth-order valence-corrected chi connectivity index (χ4v) is 3.40. The highest BCUT2D eigenvalue weighted by molar-refractivity contribution is 5.24. The van der Waals surface area contributed by atoms with E-state index in [-0.39, 0.29) is 0 Å². The van der Waals surface area contributed by atoms with Gasteiger partial charge in [0.15, 0.2) is 0 Å². The van der Waals surface area contributed by atoms with Crippen molar-refractivity contribution in [1.29, 1.82) is 0 Å². The second-order valence-corrected chi connectivity index (χ2v) is 6.57. The molecule has 1 aliphatic rings. The van der Waals surface area contributed by atoms with Gasteiger partial charge in [0.05, 0.1) is 5.69 Å². The predicted octanol–water partition coefficient (Wildman–Crippen LogP) is 3.05. The van der Waals surface area contributed by atoms with Crippen molar-refractivity contribution in [1.82, 2.24) is 14.7 Å². The van der Waals surface area contributed by atoms with Crippen molar-refractivity contribution in [3.8, 4) is 0 Å². The van der Waals surface area contributed by atoms with Crippen LogP contribution in [0.25, 0.3) is 0 Å². The van der Waals surface area contributed by atoms with Crippen molar-refractivity contribution in [2.75, 3.05) is 13.1 Å². The third kappa shape index (κ3) is 2.50. The maximum absolute atomic E-state index is 4.26. The van der Waals surface area contributed by atoms with Crippen LogP contribution >= 0.6 is 0 Å². The van der Waals surface area contributed by atoms with Crippen LogP contribution in [0, 0.1) is 5.41 Å². The quantitative estimate of drug-likeness (QED) is 0.854. The molecule has 106 valence electrons. The highest BCUT2D eigenvalue weighted by Crippen LogP contribution is 2.42. The van der Waals surface area contributed by atoms with E-state index in [0.717, 1.165) is 19.6 Å². The summed E-state index contributed by atoms with van der Waals surface area (Å²) in [7, 11) is 2.02. The lowest BCUT2D eigenvalue weighted by molar-refractivity contribution is 0.276. The Hall–Kier alpha value is -1.61. The van der Waals surface area contributed by atoms with E-state index in [1.165, 1.54) is 11.3 Å². The van der Waals surface area contributed by atoms with Crippen molar-refractivity contribution in [3.63, 3.8) is 0 Å². The summed E-state index contributed by atoms with van der Waals surface area (Å²) >= 11 is 0. The molecule has 0 radical (unpaired) electrons. The zero-order chi connectivity index (χ0) is 14.2. The largest absolute Gasteiger partial charge is 0.296 e. The molecule has 3 heteroatoms. The molecule has 1 fully saturated rings. The number of likely N-dealkylation sites (tertiary alicyclic amines) is 1. The molecular formula is C17H23N3. The van der Waals surface area contributed by atoms with E-state index in [1.807, 2.05) is 17.9 Å². The molecule has 1 aromatic heterocycles. The third-order valence-electron chi connectivity index (χ3n) is 4.53. The summed E-state index contributed by atoms with van der Waals surface area (Å²) in [5.74, 6) is 0.608. The van der Waals surface area contributed by atoms with E-state index < -0.39 is 0 Å². The van der Waals surface area contributed by atoms with Gasteiger partial charge in [0.1, 0.15) is 0 Å². The Morgan fingerprint density at radius 2 is 1.95 bits per heavy atom. The number of aromatic nitrogens is 2. The minimum Gasteiger partial charge on any atom is -0.296 e. The Balaban J connectivity index is 1.77. The number of aryl methyl sites for hydroxylation is 1. The first-order valence-electron chi connectivity index (χ1n) is 7.30. The lowest BCUT2D eigenvalue weighted by Gasteiger charge is -2.26. The minimum absolute atomic E-state index is 0.319. The van der Waals surface area contributed by atoms with E-state index in [1.54, 1.807) is 0 Å². The van der Waals surface area contributed by atoms with Gasteiger partial charge < -0.3 is 0 Å². The summed E-state index contributed by atoms with van der Waals surface area (Å²) in [6.45, 7) is 8.02. The van der Waals surface area contributed by atoms with Crippen LogP contribution < -0.4 is 0 Å². The highest BCUT2D eigenvalue weighted by Gasteiger charge is 2.39. The maximum atomic E-state index is 4.26. The predicted molar refractivity (Wildman–Crippen MR) is 81.4 cm³/mol. The third-order valence-corrected chi connectivity index (χ3v) is 4.53. The van der Waals surface area contributed by atoms with Crippen molar-refractivity contribution in [3.05, 3.63) is 53.9 Å². The van der Waals surface area contributed by atoms with Crippen LogP contribution in [-0.4, -0.2) is 27.8 Å². The highest BCUT2D eigenvalue weighted by atomic mass is 15.3. The summed E-state index contributed by atoms with van der Waals surface area (Å²) in [4.78, 5) is 2.55. The smallest absolute Gasteiger partial charge is 0.0521 e. The van der Waals surface area contributed by atoms with Crippen LogP contribution in [0.2, 0.25) is 0 Å². The molecule has 0 saturated carbocycles. The van der Waals surface area contributed by atoms with Gasteiger partial charge in [-0.3, -0.25) is 9.58 Å². The van der Waals surface area contributed by atoms with Crippen LogP contribution in [0.5, 0.6) is 0 Å². The first-order valence-corrected chi connectivity index (χ1v) is 7.30. The van der Waals surface area contributed by atoms with Crippen molar-refractivity contribution in [2.45, 2.75) is 26.3 Å². The zero-order valence-corrected chi connectivity index (χ0v) is 12.6. The maximum Gasteiger partial charge on any atom is 0.0521 e. The Morgan fingerprint density at radius 3 is 2.60 bits per heavy atom. The fourth-order valence-electron chi connectivity index (χ4n) is 3.40. The molecule has 0 N–H and O–H groups in total. The molecule has 0 amide bonds. The average Bonchev–Trinajstić information content (AvgIpc) is 2.94. The number of hydrogen-bond acceptors (Lipinski definition) is 2. The molecule has 1 aromatic carbocycles. The van der Waals surface area contributed by atoms with E-state index >= 15 is 0 Å². The first kappa shape index (κ1) is 13.4. The first-order chi connectivity index (χ1) is 9.56. The molecule has 2 heterocycles. The second-order valence-electron chi connectivity index (χ2n) is 6.57. The minimum atomic E-state index is 0.319. The molecule has 1 saturated heterocycles. The second kappa shape index (κ2) is 5.06. The van der Waals surface area contributed by atoms with Crippen LogP contribution in [0.1, 0.15) is 31.0 Å². The van der Waals surface area contributed by atoms with Crippen molar-refractivity contribution < 1.29 is 0 Å². The van der Waals surface area contributed by atoms with E-state index in [4.69, 9.17) is 0 Å². The Labute approximate surface area is 121 Å². The molecule has 1 atom stereocenters. The van der Waals surface area contributed by atoms with Crippen molar-refractivity contribution >= 4 is 0 Å². The van der Waals surface area contributed by atoms with Gasteiger partial charge in [0.2, 0.25) is 0 Å². The molecule has 3 nitrogen and oxygen atoms in total. The molecular weight excluding hydrogens is 246 g/mol. The fraction of sp³-hybridized carbons (Fsp3) is 0.471. The summed E-state index contributed by atoms with van der Waals surface area (Å²) in [5, 5.41) is 4.26. The molecule has 0 spiro atoms. The standard InChI is InChI=1S/C17H23N3/c1-17(2)13-20(11-15-9-10-18-19(15)3)12-16(17)14-7-5-4-6-8-14/h4-10,16H,11-13H2,1-3H3. The van der Waals surface area contributed by atoms with Crippen LogP contribution in [0.3, 0.4) is 0 Å². The Morgan fingerprint density at radius 1 is 1.20 bits per heavy atom. The number of rotatable bonds is 3. The van der Waals surface area contributed by atoms with Gasteiger partial charge in [-0.1, -0.05) is 44.2 Å². The van der Waals surface area contributed by atoms with E-state index in [0.29, 0.717) is 11.3 Å². The van der Waals surface area contributed by atoms with E-state index in [9.17, 15) is 0 Å². The van der Waals surface area contributed by atoms with Gasteiger partial charge in [-0.25, -0.2) is 0 Å². The summed E-state index contributed by atoms with van der Waals surface area (Å²) in [5.41, 5.74) is 3.07. The normalized spacial score (nSPS) is 22.2. The summed E-state index contributed by atoms with van der Waals surface area (Å²) in [6, 6.07) is 13.0. The monoisotopic (exact) mass is 269 g/mol. The lowest BCUT2D eigenvalue weighted by Crippen LogP contribution is -2.24. The number of hydrogen-bond donors (Lipinski definition) is 0. The SMILES string of the molecule is Cn1nccc1CN1CC(c2ccccc2)C(C)(C)C1. The molecule has 2 aromatic rings. The topological polar surface area (TPSA) is 21.1 Å². The molecule has 20 heavy (non-hydrogen) atoms. The van der Waals surface area contributed by atoms with Crippen LogP contribution in [0.15, 0.2) is 42.6 Å². The van der Waals surface area contributed by atoms with Gasteiger partial charge in [-0.15, -0.1) is 0 Å². The van der Waals surface area contributed by atoms with Gasteiger partial charge in [-0.05, 0) is 17.0 Å².